The largest absolute Gasteiger partial charge is 0.333 e. The van der Waals surface area contributed by atoms with Gasteiger partial charge in [-0.1, -0.05) is 54.6 Å². The maximum atomic E-state index is 12.3. The van der Waals surface area contributed by atoms with Crippen LogP contribution < -0.4 is 5.32 Å². The summed E-state index contributed by atoms with van der Waals surface area (Å²) in [5.74, 6) is 0.0186. The molecule has 0 saturated heterocycles. The summed E-state index contributed by atoms with van der Waals surface area (Å²) in [7, 11) is 0. The van der Waals surface area contributed by atoms with E-state index in [0.717, 1.165) is 26.1 Å². The topological polar surface area (TPSA) is 45.2 Å². The Labute approximate surface area is 166 Å². The van der Waals surface area contributed by atoms with E-state index in [9.17, 15) is 4.79 Å². The zero-order valence-electron chi connectivity index (χ0n) is 16.0. The Hall–Kier alpha value is -2.98. The Morgan fingerprint density at radius 1 is 0.821 bits per heavy atom. The molecule has 1 aromatic heterocycles. The summed E-state index contributed by atoms with van der Waals surface area (Å²) < 4.78 is 0. The summed E-state index contributed by atoms with van der Waals surface area (Å²) in [5.41, 5.74) is 6.10. The number of amides is 1. The molecule has 28 heavy (non-hydrogen) atoms. The lowest BCUT2D eigenvalue weighted by Crippen LogP contribution is -2.36. The average molecular weight is 371 g/mol. The Balaban J connectivity index is 0.000000162. The van der Waals surface area contributed by atoms with Gasteiger partial charge in [0.1, 0.15) is 5.69 Å². The second kappa shape index (κ2) is 8.81. The molecule has 0 unspecified atom stereocenters. The number of rotatable bonds is 1. The van der Waals surface area contributed by atoms with E-state index in [2.05, 4.69) is 52.8 Å². The van der Waals surface area contributed by atoms with E-state index < -0.39 is 0 Å². The first-order valence-corrected chi connectivity index (χ1v) is 9.86. The van der Waals surface area contributed by atoms with Gasteiger partial charge in [0.25, 0.3) is 5.91 Å². The first kappa shape index (κ1) is 18.4. The number of benzene rings is 2. The standard InChI is InChI=1S/C15H14N2O.C9H11N/c18-15(14-7-3-4-9-16-14)17-10-8-12-5-1-2-6-13(12)11-17;1-2-4-9-7-10-6-5-8(9)3-1/h1-7,9H,8,10-11H2;1-4,10H,5-7H2. The van der Waals surface area contributed by atoms with E-state index in [1.807, 2.05) is 23.1 Å². The van der Waals surface area contributed by atoms with Crippen LogP contribution >= 0.6 is 0 Å². The number of nitrogens with zero attached hydrogens (tertiary/aromatic N) is 2. The third kappa shape index (κ3) is 4.29. The summed E-state index contributed by atoms with van der Waals surface area (Å²) in [5, 5.41) is 3.34. The summed E-state index contributed by atoms with van der Waals surface area (Å²) in [4.78, 5) is 18.3. The molecule has 0 fully saturated rings. The van der Waals surface area contributed by atoms with Crippen molar-refractivity contribution < 1.29 is 4.79 Å². The van der Waals surface area contributed by atoms with Crippen molar-refractivity contribution in [2.24, 2.45) is 0 Å². The number of hydrogen-bond acceptors (Lipinski definition) is 3. The van der Waals surface area contributed by atoms with Gasteiger partial charge in [-0.25, -0.2) is 0 Å². The van der Waals surface area contributed by atoms with Gasteiger partial charge in [-0.15, -0.1) is 0 Å². The van der Waals surface area contributed by atoms with Crippen LogP contribution in [0.25, 0.3) is 0 Å². The smallest absolute Gasteiger partial charge is 0.272 e. The number of pyridine rings is 1. The first-order chi connectivity index (χ1) is 13.8. The maximum Gasteiger partial charge on any atom is 0.272 e. The molecule has 0 bridgehead atoms. The van der Waals surface area contributed by atoms with E-state index in [0.29, 0.717) is 12.2 Å². The first-order valence-electron chi connectivity index (χ1n) is 9.86. The van der Waals surface area contributed by atoms with Crippen LogP contribution in [0.5, 0.6) is 0 Å². The van der Waals surface area contributed by atoms with Gasteiger partial charge in [-0.05, 0) is 53.8 Å². The van der Waals surface area contributed by atoms with Crippen molar-refractivity contribution in [3.05, 3.63) is 101 Å². The fourth-order valence-electron chi connectivity index (χ4n) is 3.74. The van der Waals surface area contributed by atoms with Gasteiger partial charge in [0.2, 0.25) is 0 Å². The number of carbonyl (C=O) groups excluding carboxylic acids is 1. The number of carbonyl (C=O) groups is 1. The molecule has 1 amide bonds. The normalized spacial score (nSPS) is 14.9. The summed E-state index contributed by atoms with van der Waals surface area (Å²) >= 11 is 0. The van der Waals surface area contributed by atoms with Crippen molar-refractivity contribution in [2.45, 2.75) is 25.9 Å². The Bertz CT molecular complexity index is 914. The molecule has 0 aliphatic carbocycles. The molecule has 0 saturated carbocycles. The molecule has 0 radical (unpaired) electrons. The predicted molar refractivity (Wildman–Crippen MR) is 111 cm³/mol. The van der Waals surface area contributed by atoms with Crippen molar-refractivity contribution in [3.63, 3.8) is 0 Å². The van der Waals surface area contributed by atoms with Crippen molar-refractivity contribution in [1.29, 1.82) is 0 Å². The van der Waals surface area contributed by atoms with Crippen LogP contribution in [0.4, 0.5) is 0 Å². The van der Waals surface area contributed by atoms with Gasteiger partial charge in [0, 0.05) is 25.8 Å². The van der Waals surface area contributed by atoms with E-state index in [-0.39, 0.29) is 5.91 Å². The molecule has 0 spiro atoms. The van der Waals surface area contributed by atoms with Crippen LogP contribution in [0.2, 0.25) is 0 Å². The minimum Gasteiger partial charge on any atom is -0.333 e. The highest BCUT2D eigenvalue weighted by molar-refractivity contribution is 5.92. The molecule has 3 heterocycles. The quantitative estimate of drug-likeness (QED) is 0.711. The van der Waals surface area contributed by atoms with Crippen LogP contribution in [0.3, 0.4) is 0 Å². The fourth-order valence-corrected chi connectivity index (χ4v) is 3.74. The minimum atomic E-state index is 0.0186. The van der Waals surface area contributed by atoms with E-state index >= 15 is 0 Å². The third-order valence-corrected chi connectivity index (χ3v) is 5.31. The van der Waals surface area contributed by atoms with Crippen LogP contribution in [0.1, 0.15) is 32.7 Å². The highest BCUT2D eigenvalue weighted by atomic mass is 16.2. The zero-order chi connectivity index (χ0) is 19.2. The lowest BCUT2D eigenvalue weighted by molar-refractivity contribution is 0.0729. The van der Waals surface area contributed by atoms with Crippen LogP contribution in [0, 0.1) is 0 Å². The summed E-state index contributed by atoms with van der Waals surface area (Å²) in [6, 6.07) is 22.4. The number of hydrogen-bond donors (Lipinski definition) is 1. The Kier molecular flexibility index (Phi) is 5.78. The van der Waals surface area contributed by atoms with Crippen molar-refractivity contribution in [1.82, 2.24) is 15.2 Å². The lowest BCUT2D eigenvalue weighted by atomic mass is 10.00. The van der Waals surface area contributed by atoms with Crippen LogP contribution in [0.15, 0.2) is 72.9 Å². The molecule has 3 aromatic rings. The predicted octanol–water partition coefficient (Wildman–Crippen LogP) is 3.61. The lowest BCUT2D eigenvalue weighted by Gasteiger charge is -2.28. The maximum absolute atomic E-state index is 12.3. The molecule has 4 nitrogen and oxygen atoms in total. The SMILES string of the molecule is O=C(c1ccccn1)N1CCc2ccccc2C1.c1ccc2c(c1)CCNC2. The van der Waals surface area contributed by atoms with Crippen molar-refractivity contribution in [3.8, 4) is 0 Å². The second-order valence-corrected chi connectivity index (χ2v) is 7.16. The number of aromatic nitrogens is 1. The average Bonchev–Trinajstić information content (AvgIpc) is 2.79. The molecular weight excluding hydrogens is 346 g/mol. The second-order valence-electron chi connectivity index (χ2n) is 7.16. The number of nitrogens with one attached hydrogen (secondary N) is 1. The molecule has 2 aliphatic rings. The zero-order valence-corrected chi connectivity index (χ0v) is 16.0. The van der Waals surface area contributed by atoms with E-state index in [1.165, 1.54) is 28.7 Å². The van der Waals surface area contributed by atoms with Gasteiger partial charge in [0.05, 0.1) is 0 Å². The minimum absolute atomic E-state index is 0.0186. The molecule has 0 atom stereocenters. The molecule has 5 rings (SSSR count). The van der Waals surface area contributed by atoms with Gasteiger partial charge in [0.15, 0.2) is 0 Å². The summed E-state index contributed by atoms with van der Waals surface area (Å²) in [6.07, 6.45) is 3.77. The highest BCUT2D eigenvalue weighted by Gasteiger charge is 2.21. The molecule has 2 aliphatic heterocycles. The molecule has 2 aromatic carbocycles. The van der Waals surface area contributed by atoms with Gasteiger partial charge >= 0.3 is 0 Å². The molecule has 142 valence electrons. The molecular formula is C24H25N3O. The number of fused-ring (bicyclic) bond motifs is 2. The fraction of sp³-hybridized carbons (Fsp3) is 0.250. The van der Waals surface area contributed by atoms with Gasteiger partial charge in [-0.2, -0.15) is 0 Å². The van der Waals surface area contributed by atoms with Gasteiger partial charge in [-0.3, -0.25) is 9.78 Å². The van der Waals surface area contributed by atoms with Gasteiger partial charge < -0.3 is 10.2 Å². The Morgan fingerprint density at radius 2 is 1.50 bits per heavy atom. The van der Waals surface area contributed by atoms with Crippen molar-refractivity contribution >= 4 is 5.91 Å². The van der Waals surface area contributed by atoms with E-state index in [1.54, 1.807) is 12.3 Å². The molecule has 1 N–H and O–H groups in total. The van der Waals surface area contributed by atoms with Crippen molar-refractivity contribution in [2.75, 3.05) is 13.1 Å². The van der Waals surface area contributed by atoms with Crippen LogP contribution in [-0.2, 0) is 25.9 Å². The highest BCUT2D eigenvalue weighted by Crippen LogP contribution is 2.19. The van der Waals surface area contributed by atoms with E-state index in [4.69, 9.17) is 0 Å². The van der Waals surface area contributed by atoms with Crippen LogP contribution in [-0.4, -0.2) is 28.9 Å². The molecule has 4 heteroatoms. The monoisotopic (exact) mass is 371 g/mol. The Morgan fingerprint density at radius 3 is 2.21 bits per heavy atom. The summed E-state index contributed by atoms with van der Waals surface area (Å²) in [6.45, 7) is 3.64. The third-order valence-electron chi connectivity index (χ3n) is 5.31.